The molecule has 3 rings (SSSR count). The van der Waals surface area contributed by atoms with Crippen molar-refractivity contribution in [1.82, 2.24) is 0 Å². The molecule has 0 bridgehead atoms. The summed E-state index contributed by atoms with van der Waals surface area (Å²) in [6.07, 6.45) is -0.612. The van der Waals surface area contributed by atoms with Crippen LogP contribution in [0.4, 0.5) is 0 Å². The topological polar surface area (TPSA) is 33.4 Å². The molecule has 0 aliphatic rings. The van der Waals surface area contributed by atoms with Crippen molar-refractivity contribution in [2.45, 2.75) is 20.0 Å². The maximum Gasteiger partial charge on any atom is 0.109 e. The van der Waals surface area contributed by atoms with Crippen molar-refractivity contribution in [3.63, 3.8) is 0 Å². The summed E-state index contributed by atoms with van der Waals surface area (Å²) in [5.41, 5.74) is 1.82. The van der Waals surface area contributed by atoms with Crippen LogP contribution in [0.2, 0.25) is 0 Å². The lowest BCUT2D eigenvalue weighted by Gasteiger charge is -2.08. The standard InChI is InChI=1S/C15H14O2S/c1-9-7-12(10(2)17-9)15(16)13-8-18-14-6-4-3-5-11(13)14/h3-8,15-16H,1-2H3. The highest BCUT2D eigenvalue weighted by Crippen LogP contribution is 2.35. The Hall–Kier alpha value is -1.58. The molecule has 1 aromatic carbocycles. The summed E-state index contributed by atoms with van der Waals surface area (Å²) >= 11 is 1.66. The molecule has 92 valence electrons. The zero-order valence-electron chi connectivity index (χ0n) is 10.3. The van der Waals surface area contributed by atoms with Crippen molar-refractivity contribution < 1.29 is 9.52 Å². The SMILES string of the molecule is Cc1cc(C(O)c2csc3ccccc23)c(C)o1. The van der Waals surface area contributed by atoms with Crippen molar-refractivity contribution in [3.05, 3.63) is 58.4 Å². The smallest absolute Gasteiger partial charge is 0.109 e. The Morgan fingerprint density at radius 1 is 1.17 bits per heavy atom. The van der Waals surface area contributed by atoms with Crippen LogP contribution in [0.15, 0.2) is 40.1 Å². The molecule has 2 heterocycles. The Morgan fingerprint density at radius 3 is 2.67 bits per heavy atom. The Kier molecular flexibility index (Phi) is 2.73. The second kappa shape index (κ2) is 4.26. The van der Waals surface area contributed by atoms with Crippen molar-refractivity contribution in [3.8, 4) is 0 Å². The van der Waals surface area contributed by atoms with E-state index >= 15 is 0 Å². The monoisotopic (exact) mass is 258 g/mol. The van der Waals surface area contributed by atoms with E-state index in [1.54, 1.807) is 11.3 Å². The van der Waals surface area contributed by atoms with Crippen molar-refractivity contribution in [1.29, 1.82) is 0 Å². The molecule has 18 heavy (non-hydrogen) atoms. The molecule has 3 heteroatoms. The predicted molar refractivity (Wildman–Crippen MR) is 74.1 cm³/mol. The van der Waals surface area contributed by atoms with Gasteiger partial charge in [0.1, 0.15) is 17.6 Å². The van der Waals surface area contributed by atoms with E-state index < -0.39 is 6.10 Å². The van der Waals surface area contributed by atoms with Crippen LogP contribution in [-0.2, 0) is 0 Å². The first-order valence-electron chi connectivity index (χ1n) is 5.88. The van der Waals surface area contributed by atoms with Gasteiger partial charge in [0.2, 0.25) is 0 Å². The van der Waals surface area contributed by atoms with Crippen LogP contribution in [0.3, 0.4) is 0 Å². The molecule has 0 amide bonds. The minimum Gasteiger partial charge on any atom is -0.466 e. The second-order valence-corrected chi connectivity index (χ2v) is 5.37. The van der Waals surface area contributed by atoms with Gasteiger partial charge in [0.15, 0.2) is 0 Å². The number of hydrogen-bond acceptors (Lipinski definition) is 3. The van der Waals surface area contributed by atoms with Gasteiger partial charge in [-0.25, -0.2) is 0 Å². The fourth-order valence-corrected chi connectivity index (χ4v) is 3.28. The molecular weight excluding hydrogens is 244 g/mol. The summed E-state index contributed by atoms with van der Waals surface area (Å²) in [4.78, 5) is 0. The summed E-state index contributed by atoms with van der Waals surface area (Å²) in [6, 6.07) is 10.0. The first-order valence-corrected chi connectivity index (χ1v) is 6.76. The number of hydrogen-bond donors (Lipinski definition) is 1. The first-order chi connectivity index (χ1) is 8.66. The Balaban J connectivity index is 2.12. The number of fused-ring (bicyclic) bond motifs is 1. The highest BCUT2D eigenvalue weighted by molar-refractivity contribution is 7.17. The maximum absolute atomic E-state index is 10.5. The normalized spacial score (nSPS) is 13.1. The van der Waals surface area contributed by atoms with Gasteiger partial charge >= 0.3 is 0 Å². The van der Waals surface area contributed by atoms with Crippen molar-refractivity contribution >= 4 is 21.4 Å². The highest BCUT2D eigenvalue weighted by atomic mass is 32.1. The minimum atomic E-state index is -0.612. The number of aryl methyl sites for hydroxylation is 2. The highest BCUT2D eigenvalue weighted by Gasteiger charge is 2.19. The van der Waals surface area contributed by atoms with Gasteiger partial charge in [-0.2, -0.15) is 0 Å². The van der Waals surface area contributed by atoms with Gasteiger partial charge in [-0.15, -0.1) is 11.3 Å². The largest absolute Gasteiger partial charge is 0.466 e. The minimum absolute atomic E-state index is 0.612. The predicted octanol–water partition coefficient (Wildman–Crippen LogP) is 4.19. The molecule has 3 aromatic rings. The molecule has 2 aromatic heterocycles. The zero-order chi connectivity index (χ0) is 12.7. The molecule has 0 fully saturated rings. The number of aliphatic hydroxyl groups is 1. The summed E-state index contributed by atoms with van der Waals surface area (Å²) in [5, 5.41) is 13.7. The fourth-order valence-electron chi connectivity index (χ4n) is 2.30. The van der Waals surface area contributed by atoms with Crippen LogP contribution < -0.4 is 0 Å². The number of aliphatic hydroxyl groups excluding tert-OH is 1. The molecule has 1 unspecified atom stereocenters. The third-order valence-electron chi connectivity index (χ3n) is 3.18. The van der Waals surface area contributed by atoms with Gasteiger partial charge in [0.05, 0.1) is 0 Å². The van der Waals surface area contributed by atoms with Crippen molar-refractivity contribution in [2.75, 3.05) is 0 Å². The molecule has 1 N–H and O–H groups in total. The average Bonchev–Trinajstić information content (AvgIpc) is 2.92. The quantitative estimate of drug-likeness (QED) is 0.747. The third kappa shape index (κ3) is 1.76. The van der Waals surface area contributed by atoms with Gasteiger partial charge in [0, 0.05) is 15.8 Å². The number of thiophene rings is 1. The van der Waals surface area contributed by atoms with E-state index in [-0.39, 0.29) is 0 Å². The lowest BCUT2D eigenvalue weighted by Crippen LogP contribution is -1.98. The zero-order valence-corrected chi connectivity index (χ0v) is 11.1. The van der Waals surface area contributed by atoms with Crippen LogP contribution >= 0.6 is 11.3 Å². The van der Waals surface area contributed by atoms with E-state index in [4.69, 9.17) is 4.42 Å². The van der Waals surface area contributed by atoms with Crippen LogP contribution in [0, 0.1) is 13.8 Å². The van der Waals surface area contributed by atoms with Crippen LogP contribution in [0.25, 0.3) is 10.1 Å². The lowest BCUT2D eigenvalue weighted by molar-refractivity contribution is 0.220. The van der Waals surface area contributed by atoms with Gasteiger partial charge in [-0.05, 0) is 36.7 Å². The first kappa shape index (κ1) is 11.5. The van der Waals surface area contributed by atoms with Gasteiger partial charge in [-0.1, -0.05) is 18.2 Å². The Morgan fingerprint density at radius 2 is 1.94 bits per heavy atom. The van der Waals surface area contributed by atoms with E-state index in [2.05, 4.69) is 6.07 Å². The van der Waals surface area contributed by atoms with E-state index in [1.165, 1.54) is 4.70 Å². The van der Waals surface area contributed by atoms with Gasteiger partial charge in [-0.3, -0.25) is 0 Å². The summed E-state index contributed by atoms with van der Waals surface area (Å²) in [5.74, 6) is 1.62. The molecule has 0 saturated carbocycles. The van der Waals surface area contributed by atoms with Crippen molar-refractivity contribution in [2.24, 2.45) is 0 Å². The molecule has 0 aliphatic carbocycles. The van der Waals surface area contributed by atoms with Crippen LogP contribution in [0.1, 0.15) is 28.8 Å². The third-order valence-corrected chi connectivity index (χ3v) is 4.16. The molecule has 0 aliphatic heterocycles. The van der Waals surface area contributed by atoms with Gasteiger partial charge in [0.25, 0.3) is 0 Å². The Bertz CT molecular complexity index is 693. The van der Waals surface area contributed by atoms with Crippen LogP contribution in [0.5, 0.6) is 0 Å². The number of benzene rings is 1. The maximum atomic E-state index is 10.5. The van der Waals surface area contributed by atoms with E-state index in [0.29, 0.717) is 0 Å². The Labute approximate surface area is 109 Å². The lowest BCUT2D eigenvalue weighted by atomic mass is 10.0. The van der Waals surface area contributed by atoms with E-state index in [9.17, 15) is 5.11 Å². The average molecular weight is 258 g/mol. The summed E-state index contributed by atoms with van der Waals surface area (Å²) in [6.45, 7) is 3.79. The molecule has 1 atom stereocenters. The summed E-state index contributed by atoms with van der Waals surface area (Å²) in [7, 11) is 0. The van der Waals surface area contributed by atoms with E-state index in [0.717, 1.165) is 28.0 Å². The molecular formula is C15H14O2S. The van der Waals surface area contributed by atoms with E-state index in [1.807, 2.05) is 43.5 Å². The number of furan rings is 1. The molecule has 0 radical (unpaired) electrons. The molecule has 2 nitrogen and oxygen atoms in total. The van der Waals surface area contributed by atoms with Gasteiger partial charge < -0.3 is 9.52 Å². The number of rotatable bonds is 2. The molecule has 0 saturated heterocycles. The summed E-state index contributed by atoms with van der Waals surface area (Å²) < 4.78 is 6.69. The second-order valence-electron chi connectivity index (χ2n) is 4.46. The fraction of sp³-hybridized carbons (Fsp3) is 0.200. The molecule has 0 spiro atoms. The van der Waals surface area contributed by atoms with Crippen LogP contribution in [-0.4, -0.2) is 5.11 Å².